The lowest BCUT2D eigenvalue weighted by Gasteiger charge is -2.44. The van der Waals surface area contributed by atoms with Gasteiger partial charge in [0, 0.05) is 55.6 Å². The largest absolute Gasteiger partial charge is 0.479 e. The van der Waals surface area contributed by atoms with Crippen LogP contribution in [0.25, 0.3) is 0 Å². The summed E-state index contributed by atoms with van der Waals surface area (Å²) >= 11 is 16.1. The van der Waals surface area contributed by atoms with Gasteiger partial charge in [-0.25, -0.2) is 46.9 Å². The summed E-state index contributed by atoms with van der Waals surface area (Å²) in [6.45, 7) is 8.30. The van der Waals surface area contributed by atoms with Crippen molar-refractivity contribution in [3.05, 3.63) is 133 Å². The predicted octanol–water partition coefficient (Wildman–Crippen LogP) is 6.89. The Kier molecular flexibility index (Phi) is 17.8. The molecule has 7 N–H and O–H groups in total. The quantitative estimate of drug-likeness (QED) is 0.0603. The summed E-state index contributed by atoms with van der Waals surface area (Å²) in [6.07, 6.45) is 0. The molecular weight excluding hydrogens is 1070 g/mol. The Morgan fingerprint density at radius 1 is 0.760 bits per heavy atom. The van der Waals surface area contributed by atoms with Crippen molar-refractivity contribution >= 4 is 58.5 Å². The number of methoxy groups -OCH3 is 2. The highest BCUT2D eigenvalue weighted by molar-refractivity contribution is 6.31. The molecule has 2 amide bonds. The number of rotatable bonds is 5. The minimum absolute atomic E-state index is 0. The summed E-state index contributed by atoms with van der Waals surface area (Å²) < 4.78 is 148. The summed E-state index contributed by atoms with van der Waals surface area (Å²) in [5.74, 6) is -8.77. The molecule has 3 saturated heterocycles. The number of guanidine groups is 1. The summed E-state index contributed by atoms with van der Waals surface area (Å²) in [4.78, 5) is 55.3. The van der Waals surface area contributed by atoms with E-state index in [2.05, 4.69) is 61.6 Å². The van der Waals surface area contributed by atoms with Crippen LogP contribution in [0.4, 0.5) is 36.7 Å². The average molecular weight is 1120 g/mol. The van der Waals surface area contributed by atoms with Gasteiger partial charge in [-0.1, -0.05) is 25.6 Å². The van der Waals surface area contributed by atoms with Crippen LogP contribution in [0.2, 0.25) is 15.7 Å². The first-order valence-corrected chi connectivity index (χ1v) is 21.7. The van der Waals surface area contributed by atoms with E-state index in [-0.39, 0.29) is 88.4 Å². The van der Waals surface area contributed by atoms with Gasteiger partial charge in [0.1, 0.15) is 34.6 Å². The molecule has 3 aromatic heterocycles. The number of aromatic nitrogens is 6. The van der Waals surface area contributed by atoms with E-state index in [0.717, 1.165) is 41.3 Å². The van der Waals surface area contributed by atoms with Crippen LogP contribution in [0.3, 0.4) is 0 Å². The number of hydrogen-bond donors (Lipinski definition) is 4. The Morgan fingerprint density at radius 3 is 1.84 bits per heavy atom. The number of carbonyl (C=O) groups is 2. The van der Waals surface area contributed by atoms with Gasteiger partial charge in [0.25, 0.3) is 11.8 Å². The number of nitrogens with zero attached hydrogens (tertiary/aromatic N) is 12. The number of carbonyl (C=O) groups excluding carboxylic acids is 2. The van der Waals surface area contributed by atoms with Crippen LogP contribution in [0.15, 0.2) is 53.8 Å². The molecule has 7 heterocycles. The minimum atomic E-state index is -2.97. The molecule has 0 bridgehead atoms. The maximum atomic E-state index is 14.9. The van der Waals surface area contributed by atoms with Crippen molar-refractivity contribution in [2.75, 3.05) is 59.3 Å². The number of nitrogens with one attached hydrogen (secondary N) is 2. The van der Waals surface area contributed by atoms with Gasteiger partial charge in [-0.05, 0) is 80.4 Å². The number of amides is 2. The number of aliphatic imine (C=N–C) groups is 1. The standard InChI is InChI=1S/C19H19F3N6O2.C14H15F2N3O.C6H6ClFN2O.C5H3Cl2FN2.CH4.N2.H3N/c1-9-14(22)15(30-3)25-18(24-9)28-7-12-16(29)27(2)17(23)26-19(12,8-28)11-6-10(20)4-5-13(11)21;1-8-18-14(10-5-9(15)3-4-12(10)16)7-17-6-11(14)13(20)19(8)2;1-3-4(8)5(11-2)10-6(7)9-3;1-2-3(8)4(6)10-5(7)9-2;;1-2;/h4-6,12H,7-8H2,1-3H3,(H2,23,26);3-5,11,17-18H,1,6-7H2,2H3;1-2H3;1H3;1H4;;1H3/t12-,19+;11-,14+;;;;;/m00...../s1/i3D3;;2D3;;;;. The first kappa shape index (κ1) is 52.6. The number of hydrogen-bond acceptors (Lipinski definition) is 18. The SMILES string of the molecule is C.C=C1N[C@@]2(c3cc(F)ccc3F)CNC[C@H]2C(=O)N1C.Cc1nc(Cl)nc(Cl)c1F.N.N#N.[2H]C([2H])([2H])Oc1nc(Cl)nc(C)c1F.[2H]C([2H])([2H])Oc1nc(N2C[C@H]3C(=O)N(C)C(N)=N[C@@]3(c3cc(F)ccc3F)C2)nc(C)c1F. The van der Waals surface area contributed by atoms with Crippen molar-refractivity contribution in [1.82, 2.24) is 56.5 Å². The summed E-state index contributed by atoms with van der Waals surface area (Å²) in [5.41, 5.74) is 3.19. The van der Waals surface area contributed by atoms with Crippen molar-refractivity contribution < 1.29 is 58.0 Å². The molecule has 0 unspecified atom stereocenters. The van der Waals surface area contributed by atoms with Crippen LogP contribution >= 0.6 is 34.8 Å². The second-order valence-corrected chi connectivity index (χ2v) is 16.9. The van der Waals surface area contributed by atoms with E-state index in [1.54, 1.807) is 7.05 Å². The summed E-state index contributed by atoms with van der Waals surface area (Å²) in [7, 11) is -2.72. The molecule has 4 aliphatic heterocycles. The number of anilines is 1. The lowest BCUT2D eigenvalue weighted by molar-refractivity contribution is -0.137. The molecule has 0 aliphatic carbocycles. The zero-order chi connectivity index (χ0) is 59.4. The van der Waals surface area contributed by atoms with Crippen LogP contribution in [-0.4, -0.2) is 112 Å². The Balaban J connectivity index is 0.000000306. The van der Waals surface area contributed by atoms with E-state index >= 15 is 0 Å². The van der Waals surface area contributed by atoms with E-state index in [1.165, 1.54) is 37.6 Å². The molecule has 4 atom stereocenters. The molecule has 5 aromatic rings. The van der Waals surface area contributed by atoms with Crippen LogP contribution in [0.5, 0.6) is 11.8 Å². The Morgan fingerprint density at radius 2 is 1.27 bits per heavy atom. The van der Waals surface area contributed by atoms with Gasteiger partial charge in [-0.15, -0.1) is 0 Å². The summed E-state index contributed by atoms with van der Waals surface area (Å²) in [5, 5.41) is 17.6. The third kappa shape index (κ3) is 12.6. The highest BCUT2D eigenvalue weighted by Crippen LogP contribution is 2.46. The zero-order valence-corrected chi connectivity index (χ0v) is 41.5. The van der Waals surface area contributed by atoms with Crippen LogP contribution in [0, 0.1) is 84.1 Å². The molecule has 3 fully saturated rings. The van der Waals surface area contributed by atoms with Crippen molar-refractivity contribution in [2.45, 2.75) is 39.3 Å². The molecule has 4 aliphatic rings. The first-order chi connectivity index (χ1) is 36.7. The van der Waals surface area contributed by atoms with Gasteiger partial charge in [0.05, 0.1) is 63.3 Å². The fraction of sp³-hybridized carbons (Fsp3) is 0.356. The van der Waals surface area contributed by atoms with Gasteiger partial charge in [-0.2, -0.15) is 18.7 Å². The van der Waals surface area contributed by atoms with Crippen LogP contribution in [-0.2, 0) is 20.7 Å². The third-order valence-electron chi connectivity index (χ3n) is 11.6. The molecule has 20 nitrogen and oxygen atoms in total. The second kappa shape index (κ2) is 25.3. The van der Waals surface area contributed by atoms with E-state index in [0.29, 0.717) is 18.9 Å². The van der Waals surface area contributed by atoms with Gasteiger partial charge < -0.3 is 41.8 Å². The Labute approximate surface area is 449 Å². The minimum Gasteiger partial charge on any atom is -0.479 e. The van der Waals surface area contributed by atoms with E-state index in [9.17, 15) is 40.3 Å². The fourth-order valence-corrected chi connectivity index (χ4v) is 8.67. The number of ether oxygens (including phenoxy) is 2. The summed E-state index contributed by atoms with van der Waals surface area (Å²) in [6, 6.07) is 6.11. The number of aryl methyl sites for hydroxylation is 3. The lowest BCUT2D eigenvalue weighted by Crippen LogP contribution is -2.60. The smallest absolute Gasteiger partial charge is 0.255 e. The maximum Gasteiger partial charge on any atom is 0.255 e. The normalized spacial score (nSPS) is 21.5. The monoisotopic (exact) mass is 1120 g/mol. The number of halogens is 10. The van der Waals surface area contributed by atoms with E-state index in [4.69, 9.17) is 59.5 Å². The number of benzene rings is 2. The van der Waals surface area contributed by atoms with Crippen molar-refractivity contribution in [1.29, 1.82) is 10.8 Å². The highest BCUT2D eigenvalue weighted by atomic mass is 35.5. The third-order valence-corrected chi connectivity index (χ3v) is 12.2. The highest BCUT2D eigenvalue weighted by Gasteiger charge is 2.57. The Hall–Kier alpha value is -7.25. The molecule has 9 rings (SSSR count). The number of fused-ring (bicyclic) bond motifs is 2. The van der Waals surface area contributed by atoms with Crippen molar-refractivity contribution in [3.63, 3.8) is 0 Å². The lowest BCUT2D eigenvalue weighted by atomic mass is 9.78. The molecule has 0 saturated carbocycles. The fourth-order valence-electron chi connectivity index (χ4n) is 8.00. The molecule has 404 valence electrons. The maximum absolute atomic E-state index is 14.9. The molecular formula is C45H50Cl3F7N16O4. The van der Waals surface area contributed by atoms with Crippen LogP contribution in [0.1, 0.15) is 43.9 Å². The predicted molar refractivity (Wildman–Crippen MR) is 261 cm³/mol. The van der Waals surface area contributed by atoms with Crippen molar-refractivity contribution in [2.24, 2.45) is 22.6 Å². The molecule has 30 heteroatoms. The Bertz CT molecular complexity index is 3210. The molecule has 2 aromatic carbocycles. The molecule has 75 heavy (non-hydrogen) atoms. The van der Waals surface area contributed by atoms with E-state index < -0.39 is 95.4 Å². The molecule has 0 spiro atoms. The van der Waals surface area contributed by atoms with Gasteiger partial charge in [-0.3, -0.25) is 14.5 Å². The first-order valence-electron chi connectivity index (χ1n) is 23.6. The van der Waals surface area contributed by atoms with Crippen LogP contribution < -0.4 is 36.9 Å². The number of nitrogens with two attached hydrogens (primary N) is 1. The molecule has 0 radical (unpaired) electrons. The zero-order valence-electron chi connectivity index (χ0n) is 45.2. The van der Waals surface area contributed by atoms with Gasteiger partial charge in [0.15, 0.2) is 16.9 Å². The second-order valence-electron chi connectivity index (χ2n) is 15.9. The van der Waals surface area contributed by atoms with Crippen molar-refractivity contribution in [3.8, 4) is 11.8 Å². The van der Waals surface area contributed by atoms with Gasteiger partial charge in [0.2, 0.25) is 40.0 Å². The van der Waals surface area contributed by atoms with E-state index in [1.807, 2.05) is 0 Å². The van der Waals surface area contributed by atoms with Gasteiger partial charge >= 0.3 is 0 Å². The topological polar surface area (TPSA) is 285 Å². The average Bonchev–Trinajstić information content (AvgIpc) is 4.17.